The van der Waals surface area contributed by atoms with Gasteiger partial charge in [-0.25, -0.2) is 4.39 Å². The van der Waals surface area contributed by atoms with Crippen LogP contribution in [0.15, 0.2) is 59.8 Å². The maximum Gasteiger partial charge on any atom is 0.269 e. The maximum atomic E-state index is 13.0. The van der Waals surface area contributed by atoms with Crippen molar-refractivity contribution < 1.29 is 18.7 Å². The van der Waals surface area contributed by atoms with Gasteiger partial charge in [-0.15, -0.1) is 10.2 Å². The molecule has 11 heteroatoms. The molecule has 0 atom stereocenters. The predicted octanol–water partition coefficient (Wildman–Crippen LogP) is 1.80. The molecule has 0 saturated carbocycles. The molecule has 32 heavy (non-hydrogen) atoms. The second-order valence-corrected chi connectivity index (χ2v) is 7.79. The number of hydrazine groups is 1. The molecule has 9 nitrogen and oxygen atoms in total. The number of thioether (sulfide) groups is 1. The Kier molecular flexibility index (Phi) is 6.97. The Bertz CT molecular complexity index is 1070. The fourth-order valence-corrected chi connectivity index (χ4v) is 3.84. The number of ether oxygens (including phenoxy) is 1. The molecule has 2 N–H and O–H groups in total. The van der Waals surface area contributed by atoms with E-state index >= 15 is 0 Å². The standard InChI is InChI=1S/C21H21FN6O3S/c22-16-8-6-15(7-9-16)19(30)24-23-18(29)14-32-21-26-25-20(27-10-12-31-13-11-27)28(21)17-4-2-1-3-5-17/h1-9H,10-14H2,(H,23,29)(H,24,30). The number of nitrogens with zero attached hydrogens (tertiary/aromatic N) is 4. The van der Waals surface area contributed by atoms with Gasteiger partial charge in [-0.2, -0.15) is 0 Å². The van der Waals surface area contributed by atoms with E-state index in [0.29, 0.717) is 37.4 Å². The quantitative estimate of drug-likeness (QED) is 0.431. The normalized spacial score (nSPS) is 13.6. The lowest BCUT2D eigenvalue weighted by Crippen LogP contribution is -2.42. The van der Waals surface area contributed by atoms with Crippen LogP contribution < -0.4 is 15.8 Å². The number of morpholine rings is 1. The minimum Gasteiger partial charge on any atom is -0.378 e. The van der Waals surface area contributed by atoms with E-state index in [2.05, 4.69) is 25.9 Å². The van der Waals surface area contributed by atoms with E-state index in [1.807, 2.05) is 34.9 Å². The number of nitrogens with one attached hydrogen (secondary N) is 2. The summed E-state index contributed by atoms with van der Waals surface area (Å²) in [7, 11) is 0. The average Bonchev–Trinajstić information content (AvgIpc) is 3.27. The molecular weight excluding hydrogens is 435 g/mol. The first-order valence-electron chi connectivity index (χ1n) is 9.93. The third kappa shape index (κ3) is 5.24. The van der Waals surface area contributed by atoms with E-state index in [1.165, 1.54) is 36.0 Å². The summed E-state index contributed by atoms with van der Waals surface area (Å²) in [6.07, 6.45) is 0. The topological polar surface area (TPSA) is 101 Å². The molecule has 0 bridgehead atoms. The van der Waals surface area contributed by atoms with Crippen molar-refractivity contribution >= 4 is 29.5 Å². The lowest BCUT2D eigenvalue weighted by atomic mass is 10.2. The van der Waals surface area contributed by atoms with Crippen molar-refractivity contribution in [2.45, 2.75) is 5.16 Å². The molecule has 0 unspecified atom stereocenters. The van der Waals surface area contributed by atoms with Gasteiger partial charge in [0.05, 0.1) is 24.7 Å². The molecule has 1 aromatic heterocycles. The van der Waals surface area contributed by atoms with Gasteiger partial charge >= 0.3 is 0 Å². The summed E-state index contributed by atoms with van der Waals surface area (Å²) in [5, 5.41) is 9.18. The smallest absolute Gasteiger partial charge is 0.269 e. The average molecular weight is 457 g/mol. The maximum absolute atomic E-state index is 13.0. The number of hydrogen-bond donors (Lipinski definition) is 2. The summed E-state index contributed by atoms with van der Waals surface area (Å²) < 4.78 is 20.3. The molecule has 0 radical (unpaired) electrons. The molecule has 166 valence electrons. The van der Waals surface area contributed by atoms with Crippen LogP contribution >= 0.6 is 11.8 Å². The van der Waals surface area contributed by atoms with E-state index in [1.54, 1.807) is 0 Å². The molecule has 1 saturated heterocycles. The Morgan fingerprint density at radius 3 is 2.44 bits per heavy atom. The number of carbonyl (C=O) groups excluding carboxylic acids is 2. The second-order valence-electron chi connectivity index (χ2n) is 6.85. The number of anilines is 1. The molecule has 0 spiro atoms. The van der Waals surface area contributed by atoms with Gasteiger partial charge in [-0.05, 0) is 36.4 Å². The first-order chi connectivity index (χ1) is 15.6. The minimum absolute atomic E-state index is 0.0117. The highest BCUT2D eigenvalue weighted by atomic mass is 32.2. The largest absolute Gasteiger partial charge is 0.378 e. The zero-order valence-corrected chi connectivity index (χ0v) is 17.8. The summed E-state index contributed by atoms with van der Waals surface area (Å²) in [5.74, 6) is -0.697. The number of para-hydroxylation sites is 1. The molecule has 1 fully saturated rings. The van der Waals surface area contributed by atoms with Crippen LogP contribution in [0.5, 0.6) is 0 Å². The number of benzene rings is 2. The van der Waals surface area contributed by atoms with E-state index in [-0.39, 0.29) is 11.3 Å². The second kappa shape index (κ2) is 10.2. The molecule has 3 aromatic rings. The summed E-state index contributed by atoms with van der Waals surface area (Å²) in [6.45, 7) is 2.62. The van der Waals surface area contributed by atoms with Crippen LogP contribution in [0.4, 0.5) is 10.3 Å². The molecule has 0 aliphatic carbocycles. The fourth-order valence-electron chi connectivity index (χ4n) is 3.09. The predicted molar refractivity (Wildman–Crippen MR) is 117 cm³/mol. The molecule has 1 aliphatic rings. The number of amides is 2. The Balaban J connectivity index is 1.41. The number of aromatic nitrogens is 3. The number of rotatable bonds is 6. The number of carbonyl (C=O) groups is 2. The van der Waals surface area contributed by atoms with Crippen LogP contribution in [0.1, 0.15) is 10.4 Å². The van der Waals surface area contributed by atoms with Crippen molar-refractivity contribution in [3.8, 4) is 5.69 Å². The molecule has 1 aliphatic heterocycles. The highest BCUT2D eigenvalue weighted by molar-refractivity contribution is 7.99. The zero-order valence-electron chi connectivity index (χ0n) is 17.0. The van der Waals surface area contributed by atoms with Gasteiger partial charge in [0.25, 0.3) is 5.91 Å². The van der Waals surface area contributed by atoms with E-state index in [4.69, 9.17) is 4.74 Å². The molecular formula is C21H21FN6O3S. The van der Waals surface area contributed by atoms with Crippen molar-refractivity contribution in [3.63, 3.8) is 0 Å². The third-order valence-corrected chi connectivity index (χ3v) is 5.61. The first kappa shape index (κ1) is 21.8. The number of hydrogen-bond acceptors (Lipinski definition) is 7. The Labute approximate surface area is 187 Å². The van der Waals surface area contributed by atoms with Gasteiger partial charge in [-0.3, -0.25) is 25.0 Å². The number of halogens is 1. The SMILES string of the molecule is O=C(CSc1nnc(N2CCOCC2)n1-c1ccccc1)NNC(=O)c1ccc(F)cc1. The fraction of sp³-hybridized carbons (Fsp3) is 0.238. The molecule has 2 aromatic carbocycles. The molecule has 4 rings (SSSR count). The van der Waals surface area contributed by atoms with Gasteiger partial charge in [-0.1, -0.05) is 30.0 Å². The highest BCUT2D eigenvalue weighted by Gasteiger charge is 2.22. The van der Waals surface area contributed by atoms with Crippen LogP contribution in [0, 0.1) is 5.82 Å². The summed E-state index contributed by atoms with van der Waals surface area (Å²) in [4.78, 5) is 26.4. The van der Waals surface area contributed by atoms with Gasteiger partial charge in [0, 0.05) is 18.7 Å². The lowest BCUT2D eigenvalue weighted by molar-refractivity contribution is -0.119. The van der Waals surface area contributed by atoms with Crippen molar-refractivity contribution in [2.75, 3.05) is 37.0 Å². The summed E-state index contributed by atoms with van der Waals surface area (Å²) >= 11 is 1.20. The Morgan fingerprint density at radius 2 is 1.72 bits per heavy atom. The van der Waals surface area contributed by atoms with Crippen molar-refractivity contribution in [2.24, 2.45) is 0 Å². The van der Waals surface area contributed by atoms with Crippen molar-refractivity contribution in [1.82, 2.24) is 25.6 Å². The highest BCUT2D eigenvalue weighted by Crippen LogP contribution is 2.27. The van der Waals surface area contributed by atoms with E-state index in [9.17, 15) is 14.0 Å². The van der Waals surface area contributed by atoms with Gasteiger partial charge in [0.1, 0.15) is 5.82 Å². The van der Waals surface area contributed by atoms with Crippen LogP contribution in [-0.4, -0.2) is 58.6 Å². The monoisotopic (exact) mass is 456 g/mol. The molecule has 2 amide bonds. The van der Waals surface area contributed by atoms with Crippen LogP contribution in [0.2, 0.25) is 0 Å². The Morgan fingerprint density at radius 1 is 1.00 bits per heavy atom. The van der Waals surface area contributed by atoms with Gasteiger partial charge in [0.2, 0.25) is 11.9 Å². The van der Waals surface area contributed by atoms with Crippen LogP contribution in [0.3, 0.4) is 0 Å². The summed E-state index contributed by atoms with van der Waals surface area (Å²) in [6, 6.07) is 14.7. The molecule has 2 heterocycles. The van der Waals surface area contributed by atoms with E-state index < -0.39 is 17.6 Å². The van der Waals surface area contributed by atoms with Gasteiger partial charge in [0.15, 0.2) is 5.16 Å². The minimum atomic E-state index is -0.537. The van der Waals surface area contributed by atoms with Crippen LogP contribution in [0.25, 0.3) is 5.69 Å². The third-order valence-electron chi connectivity index (χ3n) is 4.68. The lowest BCUT2D eigenvalue weighted by Gasteiger charge is -2.27. The Hall–Kier alpha value is -3.44. The summed E-state index contributed by atoms with van der Waals surface area (Å²) in [5.41, 5.74) is 5.79. The first-order valence-corrected chi connectivity index (χ1v) is 10.9. The van der Waals surface area contributed by atoms with Crippen LogP contribution in [-0.2, 0) is 9.53 Å². The van der Waals surface area contributed by atoms with Crippen molar-refractivity contribution in [3.05, 3.63) is 66.0 Å². The zero-order chi connectivity index (χ0) is 22.3. The van der Waals surface area contributed by atoms with Gasteiger partial charge < -0.3 is 9.64 Å². The van der Waals surface area contributed by atoms with Crippen molar-refractivity contribution in [1.29, 1.82) is 0 Å². The van der Waals surface area contributed by atoms with E-state index in [0.717, 1.165) is 5.69 Å².